The van der Waals surface area contributed by atoms with Gasteiger partial charge in [0.05, 0.1) is 0 Å². The van der Waals surface area contributed by atoms with E-state index in [4.69, 9.17) is 5.84 Å². The summed E-state index contributed by atoms with van der Waals surface area (Å²) in [6.07, 6.45) is 5.64. The summed E-state index contributed by atoms with van der Waals surface area (Å²) < 4.78 is 2.05. The predicted octanol–water partition coefficient (Wildman–Crippen LogP) is 2.17. The van der Waals surface area contributed by atoms with Crippen LogP contribution in [0.25, 0.3) is 0 Å². The van der Waals surface area contributed by atoms with Crippen LogP contribution in [0.3, 0.4) is 0 Å². The lowest BCUT2D eigenvalue weighted by Gasteiger charge is -2.17. The summed E-state index contributed by atoms with van der Waals surface area (Å²) in [4.78, 5) is 4.34. The van der Waals surface area contributed by atoms with E-state index in [1.807, 2.05) is 24.0 Å². The van der Waals surface area contributed by atoms with E-state index in [2.05, 4.69) is 42.5 Å². The third-order valence-electron chi connectivity index (χ3n) is 3.71. The number of nitrogens with one attached hydrogen (secondary N) is 1. The number of hydrazine groups is 1. The number of nitrogens with two attached hydrogens (primary N) is 1. The van der Waals surface area contributed by atoms with Crippen molar-refractivity contribution in [3.05, 3.63) is 53.1 Å². The Morgan fingerprint density at radius 1 is 1.32 bits per heavy atom. The fraction of sp³-hybridized carbons (Fsp3) is 0.400. The summed E-state index contributed by atoms with van der Waals surface area (Å²) in [5.41, 5.74) is 6.76. The first-order chi connectivity index (χ1) is 9.11. The van der Waals surface area contributed by atoms with Crippen molar-refractivity contribution in [2.75, 3.05) is 0 Å². The first kappa shape index (κ1) is 13.8. The van der Waals surface area contributed by atoms with Gasteiger partial charge in [-0.2, -0.15) is 0 Å². The molecule has 0 amide bonds. The van der Waals surface area contributed by atoms with E-state index >= 15 is 0 Å². The van der Waals surface area contributed by atoms with Gasteiger partial charge in [0.1, 0.15) is 5.82 Å². The monoisotopic (exact) mass is 258 g/mol. The van der Waals surface area contributed by atoms with Gasteiger partial charge in [0, 0.05) is 31.9 Å². The lowest BCUT2D eigenvalue weighted by molar-refractivity contribution is 0.506. The van der Waals surface area contributed by atoms with Crippen LogP contribution in [0.15, 0.2) is 30.6 Å². The molecule has 1 aromatic heterocycles. The second kappa shape index (κ2) is 5.99. The molecular weight excluding hydrogens is 236 g/mol. The number of benzene rings is 1. The zero-order valence-electron chi connectivity index (χ0n) is 11.9. The fourth-order valence-electron chi connectivity index (χ4n) is 2.24. The number of hydrogen-bond donors (Lipinski definition) is 2. The fourth-order valence-corrected chi connectivity index (χ4v) is 2.24. The van der Waals surface area contributed by atoms with Crippen molar-refractivity contribution < 1.29 is 0 Å². The summed E-state index contributed by atoms with van der Waals surface area (Å²) in [5, 5.41) is 0. The van der Waals surface area contributed by atoms with Crippen LogP contribution in [0, 0.1) is 13.8 Å². The normalized spacial score (nSPS) is 12.6. The third-order valence-corrected chi connectivity index (χ3v) is 3.71. The van der Waals surface area contributed by atoms with Crippen LogP contribution in [0.2, 0.25) is 0 Å². The number of imidazole rings is 1. The van der Waals surface area contributed by atoms with Gasteiger partial charge in [-0.15, -0.1) is 0 Å². The van der Waals surface area contributed by atoms with Crippen molar-refractivity contribution in [2.45, 2.75) is 32.7 Å². The molecule has 1 heterocycles. The molecule has 0 aliphatic rings. The second-order valence-corrected chi connectivity index (χ2v) is 5.06. The Balaban J connectivity index is 2.07. The van der Waals surface area contributed by atoms with Crippen molar-refractivity contribution in [3.63, 3.8) is 0 Å². The summed E-state index contributed by atoms with van der Waals surface area (Å²) >= 11 is 0. The number of rotatable bonds is 5. The standard InChI is InChI=1S/C15H22N4/c1-11-4-5-13(10-12(11)2)14(18-16)6-7-15-17-8-9-19(15)3/h4-5,8-10,14,18H,6-7,16H2,1-3H3. The zero-order valence-corrected chi connectivity index (χ0v) is 11.9. The average Bonchev–Trinajstić information content (AvgIpc) is 2.80. The number of nitrogens with zero attached hydrogens (tertiary/aromatic N) is 2. The molecule has 0 fully saturated rings. The maximum absolute atomic E-state index is 5.69. The summed E-state index contributed by atoms with van der Waals surface area (Å²) in [6, 6.07) is 6.66. The summed E-state index contributed by atoms with van der Waals surface area (Å²) in [7, 11) is 2.02. The molecule has 3 N–H and O–H groups in total. The second-order valence-electron chi connectivity index (χ2n) is 5.06. The van der Waals surface area contributed by atoms with Crippen LogP contribution < -0.4 is 11.3 Å². The van der Waals surface area contributed by atoms with Gasteiger partial charge >= 0.3 is 0 Å². The first-order valence-corrected chi connectivity index (χ1v) is 6.61. The Hall–Kier alpha value is -1.65. The Bertz CT molecular complexity index is 545. The molecule has 0 saturated heterocycles. The quantitative estimate of drug-likeness (QED) is 0.638. The Morgan fingerprint density at radius 2 is 2.11 bits per heavy atom. The van der Waals surface area contributed by atoms with Gasteiger partial charge < -0.3 is 4.57 Å². The van der Waals surface area contributed by atoms with Crippen LogP contribution in [-0.4, -0.2) is 9.55 Å². The number of hydrogen-bond acceptors (Lipinski definition) is 3. The largest absolute Gasteiger partial charge is 0.338 e. The molecule has 2 rings (SSSR count). The molecule has 1 atom stereocenters. The van der Waals surface area contributed by atoms with Crippen molar-refractivity contribution in [3.8, 4) is 0 Å². The maximum Gasteiger partial charge on any atom is 0.108 e. The molecule has 19 heavy (non-hydrogen) atoms. The van der Waals surface area contributed by atoms with Crippen LogP contribution in [0.1, 0.15) is 35.0 Å². The van der Waals surface area contributed by atoms with Gasteiger partial charge in [-0.3, -0.25) is 11.3 Å². The SMILES string of the molecule is Cc1ccc(C(CCc2nccn2C)NN)cc1C. The van der Waals surface area contributed by atoms with Crippen LogP contribution >= 0.6 is 0 Å². The molecule has 4 heteroatoms. The van der Waals surface area contributed by atoms with Crippen molar-refractivity contribution >= 4 is 0 Å². The molecular formula is C15H22N4. The molecule has 0 aliphatic carbocycles. The Kier molecular flexibility index (Phi) is 4.35. The van der Waals surface area contributed by atoms with Crippen molar-refractivity contribution in [1.82, 2.24) is 15.0 Å². The smallest absolute Gasteiger partial charge is 0.108 e. The van der Waals surface area contributed by atoms with Gasteiger partial charge in [0.15, 0.2) is 0 Å². The molecule has 2 aromatic rings. The zero-order chi connectivity index (χ0) is 13.8. The molecule has 0 aliphatic heterocycles. The Morgan fingerprint density at radius 3 is 2.68 bits per heavy atom. The van der Waals surface area contributed by atoms with Crippen LogP contribution in [0.4, 0.5) is 0 Å². The van der Waals surface area contributed by atoms with Gasteiger partial charge in [0.25, 0.3) is 0 Å². The van der Waals surface area contributed by atoms with E-state index in [0.29, 0.717) is 0 Å². The van der Waals surface area contributed by atoms with E-state index in [1.54, 1.807) is 0 Å². The molecule has 0 radical (unpaired) electrons. The number of aryl methyl sites for hydroxylation is 4. The lowest BCUT2D eigenvalue weighted by Crippen LogP contribution is -2.28. The maximum atomic E-state index is 5.69. The average molecular weight is 258 g/mol. The molecule has 1 unspecified atom stereocenters. The van der Waals surface area contributed by atoms with E-state index in [0.717, 1.165) is 18.7 Å². The molecule has 1 aromatic carbocycles. The number of aromatic nitrogens is 2. The minimum absolute atomic E-state index is 0.163. The Labute approximate surface area is 114 Å². The van der Waals surface area contributed by atoms with Crippen LogP contribution in [0.5, 0.6) is 0 Å². The third kappa shape index (κ3) is 3.22. The van der Waals surface area contributed by atoms with E-state index < -0.39 is 0 Å². The minimum atomic E-state index is 0.163. The van der Waals surface area contributed by atoms with E-state index in [9.17, 15) is 0 Å². The van der Waals surface area contributed by atoms with Gasteiger partial charge in [-0.25, -0.2) is 4.98 Å². The molecule has 0 spiro atoms. The minimum Gasteiger partial charge on any atom is -0.338 e. The van der Waals surface area contributed by atoms with Gasteiger partial charge in [0.2, 0.25) is 0 Å². The van der Waals surface area contributed by atoms with E-state index in [-0.39, 0.29) is 6.04 Å². The topological polar surface area (TPSA) is 55.9 Å². The summed E-state index contributed by atoms with van der Waals surface area (Å²) in [6.45, 7) is 4.25. The van der Waals surface area contributed by atoms with Gasteiger partial charge in [-0.1, -0.05) is 18.2 Å². The highest BCUT2D eigenvalue weighted by Crippen LogP contribution is 2.20. The highest BCUT2D eigenvalue weighted by Gasteiger charge is 2.11. The van der Waals surface area contributed by atoms with Crippen molar-refractivity contribution in [1.29, 1.82) is 0 Å². The van der Waals surface area contributed by atoms with E-state index in [1.165, 1.54) is 16.7 Å². The molecule has 0 saturated carbocycles. The first-order valence-electron chi connectivity index (χ1n) is 6.61. The predicted molar refractivity (Wildman–Crippen MR) is 77.5 cm³/mol. The van der Waals surface area contributed by atoms with Crippen LogP contribution in [-0.2, 0) is 13.5 Å². The lowest BCUT2D eigenvalue weighted by atomic mass is 9.98. The highest BCUT2D eigenvalue weighted by atomic mass is 15.2. The summed E-state index contributed by atoms with van der Waals surface area (Å²) in [5.74, 6) is 6.78. The van der Waals surface area contributed by atoms with Crippen molar-refractivity contribution in [2.24, 2.45) is 12.9 Å². The van der Waals surface area contributed by atoms with Gasteiger partial charge in [-0.05, 0) is 37.0 Å². The molecule has 4 nitrogen and oxygen atoms in total. The highest BCUT2D eigenvalue weighted by molar-refractivity contribution is 5.31. The molecule has 102 valence electrons. The molecule has 0 bridgehead atoms.